The Morgan fingerprint density at radius 1 is 1.21 bits per heavy atom. The second-order valence-electron chi connectivity index (χ2n) is 7.82. The van der Waals surface area contributed by atoms with Crippen LogP contribution in [0, 0.1) is 5.92 Å². The lowest BCUT2D eigenvalue weighted by atomic mass is 9.99. The highest BCUT2D eigenvalue weighted by Crippen LogP contribution is 2.18. The number of nitrogens with zero attached hydrogens (tertiary/aromatic N) is 4. The maximum atomic E-state index is 5.46. The average molecular weight is 516 g/mol. The number of anilines is 1. The lowest BCUT2D eigenvalue weighted by Gasteiger charge is -2.30. The maximum Gasteiger partial charge on any atom is 0.191 e. The summed E-state index contributed by atoms with van der Waals surface area (Å²) < 4.78 is 5.46. The van der Waals surface area contributed by atoms with Crippen molar-refractivity contribution in [1.29, 1.82) is 0 Å². The molecule has 0 bridgehead atoms. The van der Waals surface area contributed by atoms with E-state index in [4.69, 9.17) is 4.74 Å². The summed E-state index contributed by atoms with van der Waals surface area (Å²) in [5.41, 5.74) is 1.19. The van der Waals surface area contributed by atoms with Crippen LogP contribution in [0.4, 0.5) is 5.82 Å². The number of likely N-dealkylation sites (tertiary alicyclic amines) is 1. The molecule has 2 aliphatic heterocycles. The van der Waals surface area contributed by atoms with Crippen molar-refractivity contribution in [3.05, 3.63) is 23.9 Å². The number of rotatable bonds is 7. The molecule has 3 rings (SSSR count). The third-order valence-electron chi connectivity index (χ3n) is 5.67. The predicted octanol–water partition coefficient (Wildman–Crippen LogP) is 2.32. The number of nitrogens with one attached hydrogen (secondary N) is 2. The first-order valence-electron chi connectivity index (χ1n) is 10.7. The number of piperidine rings is 1. The minimum Gasteiger partial charge on any atom is -0.378 e. The quantitative estimate of drug-likeness (QED) is 0.251. The molecule has 2 aliphatic rings. The van der Waals surface area contributed by atoms with Crippen LogP contribution < -0.4 is 15.5 Å². The van der Waals surface area contributed by atoms with Gasteiger partial charge in [0, 0.05) is 45.0 Å². The fourth-order valence-electron chi connectivity index (χ4n) is 3.82. The molecule has 0 aliphatic carbocycles. The molecule has 0 aromatic carbocycles. The Kier molecular flexibility index (Phi) is 11.0. The fraction of sp³-hybridized carbons (Fsp3) is 0.714. The zero-order valence-electron chi connectivity index (χ0n) is 17.9. The van der Waals surface area contributed by atoms with Crippen LogP contribution >= 0.6 is 24.0 Å². The third-order valence-corrected chi connectivity index (χ3v) is 5.67. The van der Waals surface area contributed by atoms with Gasteiger partial charge in [-0.1, -0.05) is 13.0 Å². The van der Waals surface area contributed by atoms with E-state index < -0.39 is 0 Å². The molecule has 7 nitrogen and oxygen atoms in total. The molecule has 0 atom stereocenters. The minimum absolute atomic E-state index is 0. The van der Waals surface area contributed by atoms with Crippen LogP contribution in [0.25, 0.3) is 0 Å². The van der Waals surface area contributed by atoms with Crippen molar-refractivity contribution in [3.8, 4) is 0 Å². The highest BCUT2D eigenvalue weighted by atomic mass is 127. The van der Waals surface area contributed by atoms with Gasteiger partial charge < -0.3 is 25.2 Å². The van der Waals surface area contributed by atoms with Crippen molar-refractivity contribution in [2.24, 2.45) is 10.9 Å². The van der Waals surface area contributed by atoms with Crippen LogP contribution in [0.5, 0.6) is 0 Å². The van der Waals surface area contributed by atoms with Crippen LogP contribution in [-0.4, -0.2) is 75.4 Å². The molecule has 2 N–H and O–H groups in total. The van der Waals surface area contributed by atoms with Crippen molar-refractivity contribution in [2.45, 2.75) is 32.7 Å². The Morgan fingerprint density at radius 2 is 1.97 bits per heavy atom. The van der Waals surface area contributed by atoms with Gasteiger partial charge in [-0.2, -0.15) is 0 Å². The molecule has 8 heteroatoms. The van der Waals surface area contributed by atoms with Crippen LogP contribution in [0.2, 0.25) is 0 Å². The zero-order valence-corrected chi connectivity index (χ0v) is 20.2. The number of halogens is 1. The number of pyridine rings is 1. The van der Waals surface area contributed by atoms with E-state index in [0.717, 1.165) is 57.0 Å². The first-order valence-corrected chi connectivity index (χ1v) is 10.7. The van der Waals surface area contributed by atoms with Crippen molar-refractivity contribution in [2.75, 3.05) is 64.4 Å². The summed E-state index contributed by atoms with van der Waals surface area (Å²) in [5.74, 6) is 2.80. The number of aromatic nitrogens is 1. The smallest absolute Gasteiger partial charge is 0.191 e. The van der Waals surface area contributed by atoms with E-state index in [1.807, 2.05) is 19.3 Å². The average Bonchev–Trinajstić information content (AvgIpc) is 2.75. The number of aliphatic imine (C=N–C) groups is 1. The Balaban J connectivity index is 0.00000300. The van der Waals surface area contributed by atoms with E-state index in [9.17, 15) is 0 Å². The molecule has 1 aromatic heterocycles. The standard InChI is InChI=1S/C21H36N6O.HI/c1-18-6-11-26(12-7-18)10-4-9-24-21(22-2)25-17-19-5-3-8-23-20(19)27-13-15-28-16-14-27;/h3,5,8,18H,4,6-7,9-17H2,1-2H3,(H2,22,24,25);1H. The van der Waals surface area contributed by atoms with Crippen LogP contribution in [0.15, 0.2) is 23.3 Å². The van der Waals surface area contributed by atoms with E-state index in [1.54, 1.807) is 0 Å². The van der Waals surface area contributed by atoms with E-state index in [-0.39, 0.29) is 24.0 Å². The van der Waals surface area contributed by atoms with Crippen LogP contribution in [-0.2, 0) is 11.3 Å². The zero-order chi connectivity index (χ0) is 19.6. The Bertz CT molecular complexity index is 615. The highest BCUT2D eigenvalue weighted by molar-refractivity contribution is 14.0. The molecular weight excluding hydrogens is 479 g/mol. The Labute approximate surface area is 192 Å². The van der Waals surface area contributed by atoms with Crippen molar-refractivity contribution in [1.82, 2.24) is 20.5 Å². The number of ether oxygens (including phenoxy) is 1. The third kappa shape index (κ3) is 7.90. The number of hydrogen-bond donors (Lipinski definition) is 2. The molecular formula is C21H37IN6O. The molecule has 1 aromatic rings. The number of guanidine groups is 1. The summed E-state index contributed by atoms with van der Waals surface area (Å²) >= 11 is 0. The summed E-state index contributed by atoms with van der Waals surface area (Å²) in [5, 5.41) is 6.88. The fourth-order valence-corrected chi connectivity index (χ4v) is 3.82. The molecule has 0 unspecified atom stereocenters. The van der Waals surface area contributed by atoms with E-state index in [1.165, 1.54) is 38.0 Å². The van der Waals surface area contributed by atoms with Gasteiger partial charge >= 0.3 is 0 Å². The van der Waals surface area contributed by atoms with E-state index >= 15 is 0 Å². The Hall–Kier alpha value is -1.13. The predicted molar refractivity (Wildman–Crippen MR) is 130 cm³/mol. The van der Waals surface area contributed by atoms with Gasteiger partial charge in [0.25, 0.3) is 0 Å². The molecule has 0 spiro atoms. The SMILES string of the molecule is CN=C(NCCCN1CCC(C)CC1)NCc1cccnc1N1CCOCC1.I. The maximum absolute atomic E-state index is 5.46. The van der Waals surface area contributed by atoms with Crippen molar-refractivity contribution >= 4 is 35.8 Å². The van der Waals surface area contributed by atoms with E-state index in [2.05, 4.69) is 43.4 Å². The number of hydrogen-bond acceptors (Lipinski definition) is 5. The van der Waals surface area contributed by atoms with Gasteiger partial charge in [0.2, 0.25) is 0 Å². The van der Waals surface area contributed by atoms with Gasteiger partial charge in [-0.3, -0.25) is 4.99 Å². The highest BCUT2D eigenvalue weighted by Gasteiger charge is 2.16. The van der Waals surface area contributed by atoms with E-state index in [0.29, 0.717) is 6.54 Å². The largest absolute Gasteiger partial charge is 0.378 e. The minimum atomic E-state index is 0. The molecule has 0 radical (unpaired) electrons. The van der Waals surface area contributed by atoms with Gasteiger partial charge in [-0.25, -0.2) is 4.98 Å². The lowest BCUT2D eigenvalue weighted by Crippen LogP contribution is -2.40. The van der Waals surface area contributed by atoms with Crippen LogP contribution in [0.1, 0.15) is 31.7 Å². The normalized spacial score (nSPS) is 19.0. The molecule has 2 fully saturated rings. The molecule has 29 heavy (non-hydrogen) atoms. The summed E-state index contributed by atoms with van der Waals surface area (Å²) in [6.07, 6.45) is 5.68. The summed E-state index contributed by atoms with van der Waals surface area (Å²) in [6, 6.07) is 4.13. The van der Waals surface area contributed by atoms with Crippen LogP contribution in [0.3, 0.4) is 0 Å². The summed E-state index contributed by atoms with van der Waals surface area (Å²) in [7, 11) is 1.83. The first-order chi connectivity index (χ1) is 13.8. The lowest BCUT2D eigenvalue weighted by molar-refractivity contribution is 0.122. The first kappa shape index (κ1) is 24.1. The van der Waals surface area contributed by atoms with Gasteiger partial charge in [0.1, 0.15) is 5.82 Å². The Morgan fingerprint density at radius 3 is 2.69 bits per heavy atom. The van der Waals surface area contributed by atoms with Crippen molar-refractivity contribution < 1.29 is 4.74 Å². The second-order valence-corrected chi connectivity index (χ2v) is 7.82. The van der Waals surface area contributed by atoms with Gasteiger partial charge in [0.15, 0.2) is 5.96 Å². The van der Waals surface area contributed by atoms with Crippen molar-refractivity contribution in [3.63, 3.8) is 0 Å². The monoisotopic (exact) mass is 516 g/mol. The van der Waals surface area contributed by atoms with Gasteiger partial charge in [-0.05, 0) is 50.9 Å². The summed E-state index contributed by atoms with van der Waals surface area (Å²) in [4.78, 5) is 13.9. The molecule has 2 saturated heterocycles. The van der Waals surface area contributed by atoms with Gasteiger partial charge in [-0.15, -0.1) is 24.0 Å². The molecule has 0 amide bonds. The van der Waals surface area contributed by atoms with Gasteiger partial charge in [0.05, 0.1) is 13.2 Å². The summed E-state index contributed by atoms with van der Waals surface area (Å²) in [6.45, 7) is 11.0. The molecule has 3 heterocycles. The molecule has 0 saturated carbocycles. The second kappa shape index (κ2) is 13.2. The number of morpholine rings is 1. The topological polar surface area (TPSA) is 65.0 Å². The molecule has 164 valence electrons.